The molecule has 0 radical (unpaired) electrons. The molecule has 220 valence electrons. The topological polar surface area (TPSA) is 77.7 Å². The Balaban J connectivity index is 1.40. The zero-order valence-corrected chi connectivity index (χ0v) is 24.4. The fourth-order valence-electron chi connectivity index (χ4n) is 4.75. The van der Waals surface area contributed by atoms with Gasteiger partial charge < -0.3 is 18.9 Å². The van der Waals surface area contributed by atoms with E-state index in [0.29, 0.717) is 49.3 Å². The summed E-state index contributed by atoms with van der Waals surface area (Å²) in [6.07, 6.45) is -2.94. The van der Waals surface area contributed by atoms with Crippen molar-refractivity contribution in [1.82, 2.24) is 10.1 Å². The molecule has 0 aliphatic heterocycles. The highest BCUT2D eigenvalue weighted by Crippen LogP contribution is 2.46. The van der Waals surface area contributed by atoms with Crippen LogP contribution in [0.5, 0.6) is 5.88 Å². The van der Waals surface area contributed by atoms with Crippen molar-refractivity contribution in [3.05, 3.63) is 92.3 Å². The van der Waals surface area contributed by atoms with Crippen molar-refractivity contribution in [2.75, 3.05) is 19.1 Å². The third kappa shape index (κ3) is 6.19. The fraction of sp³-hybridized carbons (Fsp3) is 0.300. The minimum absolute atomic E-state index is 0.128. The molecule has 5 rings (SSSR count). The van der Waals surface area contributed by atoms with Gasteiger partial charge in [0.25, 0.3) is 0 Å². The molecule has 0 saturated heterocycles. The van der Waals surface area contributed by atoms with Crippen LogP contribution in [0.4, 0.5) is 18.9 Å². The van der Waals surface area contributed by atoms with E-state index in [4.69, 9.17) is 37.2 Å². The molecule has 1 aliphatic rings. The molecule has 0 atom stereocenters. The molecule has 0 unspecified atom stereocenters. The van der Waals surface area contributed by atoms with Crippen LogP contribution in [-0.2, 0) is 24.1 Å². The van der Waals surface area contributed by atoms with Gasteiger partial charge in [0, 0.05) is 31.1 Å². The van der Waals surface area contributed by atoms with E-state index in [1.165, 1.54) is 31.2 Å². The minimum atomic E-state index is -4.75. The number of alkyl halides is 3. The normalized spacial score (nSPS) is 13.2. The van der Waals surface area contributed by atoms with Crippen LogP contribution in [0.1, 0.15) is 57.3 Å². The lowest BCUT2D eigenvalue weighted by Crippen LogP contribution is -2.22. The summed E-state index contributed by atoms with van der Waals surface area (Å²) >= 11 is 12.8. The van der Waals surface area contributed by atoms with Crippen LogP contribution < -0.4 is 9.64 Å². The first-order valence-corrected chi connectivity index (χ1v) is 13.8. The van der Waals surface area contributed by atoms with Gasteiger partial charge >= 0.3 is 12.1 Å². The van der Waals surface area contributed by atoms with Crippen molar-refractivity contribution >= 4 is 34.9 Å². The average Bonchev–Trinajstić information content (AvgIpc) is 3.71. The molecule has 4 aromatic rings. The molecule has 0 N–H and O–H groups in total. The predicted octanol–water partition coefficient (Wildman–Crippen LogP) is 8.25. The number of nitrogens with zero attached hydrogens (tertiary/aromatic N) is 3. The Morgan fingerprint density at radius 3 is 2.45 bits per heavy atom. The Morgan fingerprint density at radius 1 is 1.12 bits per heavy atom. The smallest absolute Gasteiger partial charge is 0.435 e. The molecule has 1 aliphatic carbocycles. The first kappa shape index (κ1) is 29.7. The molecule has 12 heteroatoms. The van der Waals surface area contributed by atoms with E-state index in [0.717, 1.165) is 12.8 Å². The number of rotatable bonds is 9. The number of carbonyl (C=O) groups is 1. The van der Waals surface area contributed by atoms with Gasteiger partial charge in [0.05, 0.1) is 34.0 Å². The van der Waals surface area contributed by atoms with E-state index in [9.17, 15) is 18.0 Å². The van der Waals surface area contributed by atoms with E-state index >= 15 is 0 Å². The standard InChI is InChI=1S/C30H26Cl2F3N3O4/c1-16-13-17(7-10-19(16)29(39)40-3)14-38(2)23-11-12-24(36-28(23)30(33,34)35)41-15-20-26(37-42-27(20)18-8-9-18)25-21(31)5-4-6-22(25)32/h4-7,10-13,18H,8-9,14-15H2,1-3H3. The Kier molecular flexibility index (Phi) is 8.39. The molecule has 2 heterocycles. The summed E-state index contributed by atoms with van der Waals surface area (Å²) < 4.78 is 58.7. The lowest BCUT2D eigenvalue weighted by Gasteiger charge is -2.24. The lowest BCUT2D eigenvalue weighted by atomic mass is 10.0. The number of aryl methyl sites for hydroxylation is 1. The molecule has 0 bridgehead atoms. The quantitative estimate of drug-likeness (QED) is 0.175. The summed E-state index contributed by atoms with van der Waals surface area (Å²) in [6.45, 7) is 1.73. The van der Waals surface area contributed by atoms with E-state index in [1.54, 1.807) is 43.3 Å². The fourth-order valence-corrected chi connectivity index (χ4v) is 5.32. The number of esters is 1. The number of carbonyl (C=O) groups excluding carboxylic acids is 1. The van der Waals surface area contributed by atoms with Gasteiger partial charge in [-0.3, -0.25) is 0 Å². The van der Waals surface area contributed by atoms with Gasteiger partial charge in [-0.15, -0.1) is 0 Å². The molecule has 7 nitrogen and oxygen atoms in total. The highest BCUT2D eigenvalue weighted by atomic mass is 35.5. The number of pyridine rings is 1. The predicted molar refractivity (Wildman–Crippen MR) is 152 cm³/mol. The number of halogens is 5. The second kappa shape index (κ2) is 11.9. The third-order valence-electron chi connectivity index (χ3n) is 6.97. The molecule has 42 heavy (non-hydrogen) atoms. The van der Waals surface area contributed by atoms with Crippen LogP contribution in [0.2, 0.25) is 10.0 Å². The van der Waals surface area contributed by atoms with Crippen molar-refractivity contribution in [3.8, 4) is 17.1 Å². The maximum absolute atomic E-state index is 14.2. The summed E-state index contributed by atoms with van der Waals surface area (Å²) in [4.78, 5) is 17.2. The number of benzene rings is 2. The third-order valence-corrected chi connectivity index (χ3v) is 7.60. The van der Waals surface area contributed by atoms with Crippen LogP contribution in [-0.4, -0.2) is 30.3 Å². The first-order valence-electron chi connectivity index (χ1n) is 13.0. The van der Waals surface area contributed by atoms with Gasteiger partial charge in [-0.1, -0.05) is 46.6 Å². The zero-order valence-electron chi connectivity index (χ0n) is 22.9. The first-order chi connectivity index (χ1) is 20.0. The SMILES string of the molecule is COC(=O)c1ccc(CN(C)c2ccc(OCc3c(-c4c(Cl)cccc4Cl)noc3C3CC3)nc2C(F)(F)F)cc1C. The van der Waals surface area contributed by atoms with Gasteiger partial charge in [-0.25, -0.2) is 9.78 Å². The van der Waals surface area contributed by atoms with Crippen LogP contribution in [0.3, 0.4) is 0 Å². The van der Waals surface area contributed by atoms with Gasteiger partial charge in [-0.05, 0) is 55.2 Å². The number of aromatic nitrogens is 2. The van der Waals surface area contributed by atoms with Crippen LogP contribution >= 0.6 is 23.2 Å². The highest BCUT2D eigenvalue weighted by molar-refractivity contribution is 6.39. The number of hydrogen-bond donors (Lipinski definition) is 0. The Hall–Kier alpha value is -3.76. The second-order valence-electron chi connectivity index (χ2n) is 10.0. The Morgan fingerprint density at radius 2 is 1.83 bits per heavy atom. The van der Waals surface area contributed by atoms with Crippen LogP contribution in [0.25, 0.3) is 11.3 Å². The average molecular weight is 620 g/mol. The molecule has 1 fully saturated rings. The number of ether oxygens (including phenoxy) is 2. The van der Waals surface area contributed by atoms with Crippen LogP contribution in [0.15, 0.2) is 53.1 Å². The second-order valence-corrected chi connectivity index (χ2v) is 10.9. The monoisotopic (exact) mass is 619 g/mol. The van der Waals surface area contributed by atoms with Crippen molar-refractivity contribution in [1.29, 1.82) is 0 Å². The Labute approximate surface area is 250 Å². The summed E-state index contributed by atoms with van der Waals surface area (Å²) in [5.74, 6) is 0.0500. The van der Waals surface area contributed by atoms with Gasteiger partial charge in [0.15, 0.2) is 5.69 Å². The largest absolute Gasteiger partial charge is 0.473 e. The van der Waals surface area contributed by atoms with Crippen molar-refractivity contribution in [3.63, 3.8) is 0 Å². The highest BCUT2D eigenvalue weighted by Gasteiger charge is 2.38. The molecular weight excluding hydrogens is 594 g/mol. The van der Waals surface area contributed by atoms with E-state index in [-0.39, 0.29) is 30.6 Å². The lowest BCUT2D eigenvalue weighted by molar-refractivity contribution is -0.140. The molecule has 0 amide bonds. The molecule has 2 aromatic carbocycles. The summed E-state index contributed by atoms with van der Waals surface area (Å²) in [7, 11) is 2.82. The van der Waals surface area contributed by atoms with Crippen molar-refractivity contribution in [2.45, 2.75) is 45.0 Å². The van der Waals surface area contributed by atoms with E-state index in [2.05, 4.69) is 10.1 Å². The molecule has 2 aromatic heterocycles. The molecule has 1 saturated carbocycles. The minimum Gasteiger partial charge on any atom is -0.473 e. The maximum Gasteiger partial charge on any atom is 0.435 e. The maximum atomic E-state index is 14.2. The zero-order chi connectivity index (χ0) is 30.2. The van der Waals surface area contributed by atoms with Gasteiger partial charge in [-0.2, -0.15) is 13.2 Å². The molecule has 0 spiro atoms. The number of hydrogen-bond acceptors (Lipinski definition) is 7. The number of methoxy groups -OCH3 is 1. The van der Waals surface area contributed by atoms with E-state index in [1.807, 2.05) is 0 Å². The van der Waals surface area contributed by atoms with Gasteiger partial charge in [0.2, 0.25) is 5.88 Å². The molecular formula is C30H26Cl2F3N3O4. The van der Waals surface area contributed by atoms with Crippen molar-refractivity contribution < 1.29 is 32.0 Å². The van der Waals surface area contributed by atoms with Gasteiger partial charge in [0.1, 0.15) is 18.1 Å². The van der Waals surface area contributed by atoms with Crippen molar-refractivity contribution in [2.24, 2.45) is 0 Å². The van der Waals surface area contributed by atoms with Crippen LogP contribution in [0, 0.1) is 6.92 Å². The van der Waals surface area contributed by atoms with E-state index < -0.39 is 17.8 Å². The Bertz CT molecular complexity index is 1620. The summed E-state index contributed by atoms with van der Waals surface area (Å²) in [5.41, 5.74) is 1.95. The number of anilines is 1. The summed E-state index contributed by atoms with van der Waals surface area (Å²) in [6, 6.07) is 12.7. The summed E-state index contributed by atoms with van der Waals surface area (Å²) in [5, 5.41) is 4.91.